The molecule has 12 heavy (non-hydrogen) atoms. The van der Waals surface area contributed by atoms with Crippen molar-refractivity contribution in [3.8, 4) is 6.07 Å². The quantitative estimate of drug-likeness (QED) is 0.612. The van der Waals surface area contributed by atoms with Gasteiger partial charge in [0.25, 0.3) is 0 Å². The van der Waals surface area contributed by atoms with Crippen LogP contribution in [0.5, 0.6) is 0 Å². The lowest BCUT2D eigenvalue weighted by atomic mass is 9.98. The number of allylic oxidation sites excluding steroid dienone is 2. The number of rotatable bonds is 2. The molecule has 1 aliphatic rings. The lowest BCUT2D eigenvalue weighted by molar-refractivity contribution is -0.121. The van der Waals surface area contributed by atoms with Crippen LogP contribution in [0.1, 0.15) is 13.8 Å². The third-order valence-corrected chi connectivity index (χ3v) is 2.12. The molecule has 0 heterocycles. The van der Waals surface area contributed by atoms with Crippen molar-refractivity contribution in [3.05, 3.63) is 23.3 Å². The Kier molecular flexibility index (Phi) is 1.77. The summed E-state index contributed by atoms with van der Waals surface area (Å²) >= 11 is 0. The molecule has 0 spiro atoms. The van der Waals surface area contributed by atoms with Gasteiger partial charge < -0.3 is 5.73 Å². The average molecular weight is 162 g/mol. The molecule has 1 aliphatic carbocycles. The maximum atomic E-state index is 10.9. The minimum atomic E-state index is -0.669. The van der Waals surface area contributed by atoms with Gasteiger partial charge in [-0.1, -0.05) is 12.2 Å². The molecule has 0 fully saturated rings. The fraction of sp³-hybridized carbons (Fsp3) is 0.333. The van der Waals surface area contributed by atoms with E-state index in [2.05, 4.69) is 0 Å². The van der Waals surface area contributed by atoms with Crippen molar-refractivity contribution in [2.75, 3.05) is 0 Å². The van der Waals surface area contributed by atoms with Gasteiger partial charge in [0.15, 0.2) is 0 Å². The van der Waals surface area contributed by atoms with Crippen LogP contribution in [0.2, 0.25) is 0 Å². The van der Waals surface area contributed by atoms with E-state index in [1.54, 1.807) is 26.0 Å². The summed E-state index contributed by atoms with van der Waals surface area (Å²) in [5.74, 6) is -0.396. The van der Waals surface area contributed by atoms with Gasteiger partial charge in [0.05, 0.1) is 17.1 Å². The molecule has 0 saturated carbocycles. The Morgan fingerprint density at radius 2 is 2.42 bits per heavy atom. The maximum Gasteiger partial charge on any atom is 0.231 e. The second kappa shape index (κ2) is 2.49. The van der Waals surface area contributed by atoms with Gasteiger partial charge in [-0.25, -0.2) is 0 Å². The molecule has 1 amide bonds. The lowest BCUT2D eigenvalue weighted by Crippen LogP contribution is -2.24. The van der Waals surface area contributed by atoms with Crippen LogP contribution in [-0.2, 0) is 4.79 Å². The predicted octanol–water partition coefficient (Wildman–Crippen LogP) is 0.888. The van der Waals surface area contributed by atoms with E-state index in [9.17, 15) is 4.79 Å². The van der Waals surface area contributed by atoms with Gasteiger partial charge in [0.2, 0.25) is 5.91 Å². The first-order chi connectivity index (χ1) is 5.56. The number of hydrogen-bond acceptors (Lipinski definition) is 2. The Hall–Kier alpha value is -1.56. The zero-order chi connectivity index (χ0) is 9.35. The number of amides is 1. The van der Waals surface area contributed by atoms with Crippen LogP contribution in [0.3, 0.4) is 0 Å². The fourth-order valence-corrected chi connectivity index (χ4v) is 1.09. The minimum Gasteiger partial charge on any atom is -0.369 e. The van der Waals surface area contributed by atoms with Crippen molar-refractivity contribution in [3.63, 3.8) is 0 Å². The summed E-state index contributed by atoms with van der Waals surface area (Å²) in [7, 11) is 0. The number of carbonyl (C=O) groups is 1. The normalized spacial score (nSPS) is 27.4. The lowest BCUT2D eigenvalue weighted by Gasteiger charge is -2.05. The molecule has 2 N–H and O–H groups in total. The average Bonchev–Trinajstić information content (AvgIpc) is 2.67. The molecule has 62 valence electrons. The first-order valence-corrected chi connectivity index (χ1v) is 3.66. The van der Waals surface area contributed by atoms with Crippen molar-refractivity contribution >= 4 is 5.91 Å². The zero-order valence-corrected chi connectivity index (χ0v) is 7.09. The molecule has 1 unspecified atom stereocenters. The van der Waals surface area contributed by atoms with Crippen LogP contribution in [-0.4, -0.2) is 5.91 Å². The van der Waals surface area contributed by atoms with Crippen LogP contribution < -0.4 is 5.73 Å². The van der Waals surface area contributed by atoms with E-state index in [4.69, 9.17) is 11.0 Å². The van der Waals surface area contributed by atoms with E-state index in [1.165, 1.54) is 0 Å². The molecular formula is C9H10N2O. The second-order valence-electron chi connectivity index (χ2n) is 2.94. The number of hydrogen-bond donors (Lipinski definition) is 1. The van der Waals surface area contributed by atoms with Crippen molar-refractivity contribution in [1.29, 1.82) is 5.26 Å². The highest BCUT2D eigenvalue weighted by molar-refractivity contribution is 5.94. The van der Waals surface area contributed by atoms with E-state index < -0.39 is 11.3 Å². The highest BCUT2D eigenvalue weighted by Gasteiger charge is 2.46. The summed E-state index contributed by atoms with van der Waals surface area (Å²) in [5, 5.41) is 8.64. The first kappa shape index (κ1) is 8.54. The van der Waals surface area contributed by atoms with E-state index in [0.717, 1.165) is 5.57 Å². The van der Waals surface area contributed by atoms with Gasteiger partial charge in [-0.3, -0.25) is 4.79 Å². The Morgan fingerprint density at radius 3 is 2.67 bits per heavy atom. The van der Waals surface area contributed by atoms with Gasteiger partial charge in [-0.05, 0) is 19.4 Å². The number of nitriles is 1. The third-order valence-electron chi connectivity index (χ3n) is 2.12. The Morgan fingerprint density at radius 1 is 1.83 bits per heavy atom. The summed E-state index contributed by atoms with van der Waals surface area (Å²) < 4.78 is 0. The molecule has 3 nitrogen and oxygen atoms in total. The molecule has 0 saturated heterocycles. The summed E-state index contributed by atoms with van der Waals surface area (Å²) in [6, 6.07) is 2.01. The molecule has 0 aromatic heterocycles. The largest absolute Gasteiger partial charge is 0.369 e. The summed E-state index contributed by atoms with van der Waals surface area (Å²) in [6.07, 6.45) is 3.40. The Bertz CT molecular complexity index is 333. The van der Waals surface area contributed by atoms with Gasteiger partial charge >= 0.3 is 0 Å². The summed E-state index contributed by atoms with van der Waals surface area (Å²) in [4.78, 5) is 10.9. The molecule has 0 aromatic rings. The number of carbonyl (C=O) groups excluding carboxylic acids is 1. The van der Waals surface area contributed by atoms with Crippen LogP contribution in [0, 0.1) is 16.7 Å². The third kappa shape index (κ3) is 1.02. The molecule has 0 aliphatic heterocycles. The van der Waals surface area contributed by atoms with Crippen molar-refractivity contribution < 1.29 is 4.79 Å². The smallest absolute Gasteiger partial charge is 0.231 e. The topological polar surface area (TPSA) is 66.9 Å². The maximum absolute atomic E-state index is 10.9. The van der Waals surface area contributed by atoms with Crippen molar-refractivity contribution in [1.82, 2.24) is 0 Å². The minimum absolute atomic E-state index is 0.396. The molecule has 0 bridgehead atoms. The van der Waals surface area contributed by atoms with Crippen LogP contribution >= 0.6 is 0 Å². The van der Waals surface area contributed by atoms with Gasteiger partial charge in [0, 0.05) is 0 Å². The Labute approximate surface area is 71.2 Å². The van der Waals surface area contributed by atoms with Crippen LogP contribution in [0.4, 0.5) is 0 Å². The summed E-state index contributed by atoms with van der Waals surface area (Å²) in [5.41, 5.74) is 5.76. The van der Waals surface area contributed by atoms with Crippen LogP contribution in [0.25, 0.3) is 0 Å². The standard InChI is InChI=1S/C9H10N2O/c1-3-6(5-10)7-4-9(7,2)8(11)12/h3-4H,1-2H3,(H2,11,12)/b6-3-. The van der Waals surface area contributed by atoms with Crippen molar-refractivity contribution in [2.45, 2.75) is 13.8 Å². The highest BCUT2D eigenvalue weighted by atomic mass is 16.1. The highest BCUT2D eigenvalue weighted by Crippen LogP contribution is 2.47. The molecule has 0 radical (unpaired) electrons. The molecular weight excluding hydrogens is 152 g/mol. The van der Waals surface area contributed by atoms with E-state index in [0.29, 0.717) is 5.57 Å². The molecule has 1 atom stereocenters. The van der Waals surface area contributed by atoms with E-state index in [-0.39, 0.29) is 0 Å². The monoisotopic (exact) mass is 162 g/mol. The molecule has 1 rings (SSSR count). The van der Waals surface area contributed by atoms with Gasteiger partial charge in [0.1, 0.15) is 0 Å². The zero-order valence-electron chi connectivity index (χ0n) is 7.09. The predicted molar refractivity (Wildman–Crippen MR) is 44.8 cm³/mol. The Balaban J connectivity index is 2.83. The van der Waals surface area contributed by atoms with Crippen molar-refractivity contribution in [2.24, 2.45) is 11.1 Å². The fourth-order valence-electron chi connectivity index (χ4n) is 1.09. The molecule has 3 heteroatoms. The number of primary amides is 1. The van der Waals surface area contributed by atoms with E-state index >= 15 is 0 Å². The number of nitrogens with zero attached hydrogens (tertiary/aromatic N) is 1. The molecule has 0 aromatic carbocycles. The first-order valence-electron chi connectivity index (χ1n) is 3.66. The van der Waals surface area contributed by atoms with E-state index in [1.807, 2.05) is 6.07 Å². The van der Waals surface area contributed by atoms with Gasteiger partial charge in [-0.2, -0.15) is 5.26 Å². The second-order valence-corrected chi connectivity index (χ2v) is 2.94. The van der Waals surface area contributed by atoms with Gasteiger partial charge in [-0.15, -0.1) is 0 Å². The number of nitrogens with two attached hydrogens (primary N) is 1. The SMILES string of the molecule is C/C=C(/C#N)C1=CC1(C)C(N)=O. The van der Waals surface area contributed by atoms with Crippen LogP contribution in [0.15, 0.2) is 23.3 Å². The summed E-state index contributed by atoms with van der Waals surface area (Å²) in [6.45, 7) is 3.48.